The summed E-state index contributed by atoms with van der Waals surface area (Å²) in [4.78, 5) is 14.2. The van der Waals surface area contributed by atoms with Gasteiger partial charge in [0.2, 0.25) is 11.2 Å². The van der Waals surface area contributed by atoms with Crippen molar-refractivity contribution < 1.29 is 4.74 Å². The monoisotopic (exact) mass is 292 g/mol. The van der Waals surface area contributed by atoms with Crippen LogP contribution < -0.4 is 9.64 Å². The lowest BCUT2D eigenvalue weighted by Gasteiger charge is -2.18. The average molecular weight is 293 g/mol. The molecule has 0 N–H and O–H groups in total. The molecule has 0 aliphatic rings. The summed E-state index contributed by atoms with van der Waals surface area (Å²) in [6, 6.07) is 8.30. The number of ether oxygens (including phenoxy) is 1. The number of hydrogen-bond acceptors (Lipinski definition) is 5. The fourth-order valence-corrected chi connectivity index (χ4v) is 1.83. The van der Waals surface area contributed by atoms with Crippen molar-refractivity contribution in [1.29, 1.82) is 0 Å². The van der Waals surface area contributed by atoms with Crippen molar-refractivity contribution in [3.63, 3.8) is 0 Å². The van der Waals surface area contributed by atoms with Crippen molar-refractivity contribution >= 4 is 23.2 Å². The highest BCUT2D eigenvalue weighted by molar-refractivity contribution is 6.28. The number of aryl methyl sites for hydroxylation is 1. The summed E-state index contributed by atoms with van der Waals surface area (Å²) in [7, 11) is 1.88. The number of nitrogens with zero attached hydrogens (tertiary/aromatic N) is 4. The molecule has 2 aromatic rings. The fraction of sp³-hybridized carbons (Fsp3) is 0.357. The molecule has 0 aliphatic carbocycles. The Hall–Kier alpha value is -1.88. The Morgan fingerprint density at radius 3 is 2.75 bits per heavy atom. The molecule has 0 aliphatic heterocycles. The van der Waals surface area contributed by atoms with Gasteiger partial charge in [-0.3, -0.25) is 0 Å². The van der Waals surface area contributed by atoms with Crippen LogP contribution in [0, 0.1) is 6.92 Å². The van der Waals surface area contributed by atoms with Crippen molar-refractivity contribution in [3.05, 3.63) is 35.1 Å². The quantitative estimate of drug-likeness (QED) is 0.845. The zero-order valence-electron chi connectivity index (χ0n) is 11.8. The largest absolute Gasteiger partial charge is 0.463 e. The second-order valence-electron chi connectivity index (χ2n) is 4.43. The van der Waals surface area contributed by atoms with Crippen LogP contribution in [0.25, 0.3) is 0 Å². The number of benzene rings is 1. The molecule has 0 fully saturated rings. The molecule has 0 unspecified atom stereocenters. The Morgan fingerprint density at radius 2 is 2.05 bits per heavy atom. The van der Waals surface area contributed by atoms with Crippen LogP contribution in [0.3, 0.4) is 0 Å². The normalized spacial score (nSPS) is 10.4. The van der Waals surface area contributed by atoms with Crippen LogP contribution in [-0.2, 0) is 0 Å². The van der Waals surface area contributed by atoms with E-state index in [1.807, 2.05) is 50.1 Å². The molecule has 0 radical (unpaired) electrons. The van der Waals surface area contributed by atoms with Crippen LogP contribution in [0.15, 0.2) is 24.3 Å². The predicted octanol–water partition coefficient (Wildman–Crippen LogP) is 3.39. The third kappa shape index (κ3) is 3.57. The van der Waals surface area contributed by atoms with Crippen LogP contribution in [0.1, 0.15) is 18.9 Å². The zero-order valence-corrected chi connectivity index (χ0v) is 12.6. The molecule has 20 heavy (non-hydrogen) atoms. The van der Waals surface area contributed by atoms with Gasteiger partial charge in [0, 0.05) is 12.7 Å². The van der Waals surface area contributed by atoms with E-state index in [-0.39, 0.29) is 11.3 Å². The lowest BCUT2D eigenvalue weighted by atomic mass is 10.2. The van der Waals surface area contributed by atoms with E-state index >= 15 is 0 Å². The third-order valence-corrected chi connectivity index (χ3v) is 2.87. The van der Waals surface area contributed by atoms with Gasteiger partial charge in [-0.2, -0.15) is 15.0 Å². The number of hydrogen-bond donors (Lipinski definition) is 0. The summed E-state index contributed by atoms with van der Waals surface area (Å²) >= 11 is 5.92. The third-order valence-electron chi connectivity index (χ3n) is 2.70. The van der Waals surface area contributed by atoms with Crippen molar-refractivity contribution in [2.24, 2.45) is 0 Å². The Labute approximate surface area is 123 Å². The molecule has 2 rings (SSSR count). The van der Waals surface area contributed by atoms with Gasteiger partial charge in [0.25, 0.3) is 0 Å². The number of rotatable bonds is 5. The van der Waals surface area contributed by atoms with Gasteiger partial charge in [0.05, 0.1) is 6.61 Å². The van der Waals surface area contributed by atoms with Crippen LogP contribution in [0.2, 0.25) is 5.28 Å². The molecule has 106 valence electrons. The molecule has 0 amide bonds. The van der Waals surface area contributed by atoms with E-state index < -0.39 is 0 Å². The van der Waals surface area contributed by atoms with Crippen LogP contribution in [-0.4, -0.2) is 28.6 Å². The summed E-state index contributed by atoms with van der Waals surface area (Å²) in [6.07, 6.45) is 0.881. The SMILES string of the molecule is CCCOc1nc(Cl)nc(N(C)c2cccc(C)c2)n1. The van der Waals surface area contributed by atoms with E-state index in [1.54, 1.807) is 0 Å². The van der Waals surface area contributed by atoms with Gasteiger partial charge in [-0.15, -0.1) is 0 Å². The molecular formula is C14H17ClN4O. The molecule has 0 atom stereocenters. The predicted molar refractivity (Wildman–Crippen MR) is 79.9 cm³/mol. The van der Waals surface area contributed by atoms with Crippen LogP contribution in [0.5, 0.6) is 6.01 Å². The first-order chi connectivity index (χ1) is 9.60. The van der Waals surface area contributed by atoms with E-state index in [2.05, 4.69) is 15.0 Å². The highest BCUT2D eigenvalue weighted by Gasteiger charge is 2.12. The van der Waals surface area contributed by atoms with Crippen molar-refractivity contribution in [2.45, 2.75) is 20.3 Å². The van der Waals surface area contributed by atoms with E-state index in [4.69, 9.17) is 16.3 Å². The van der Waals surface area contributed by atoms with Gasteiger partial charge in [-0.25, -0.2) is 0 Å². The van der Waals surface area contributed by atoms with E-state index in [1.165, 1.54) is 0 Å². The average Bonchev–Trinajstić information content (AvgIpc) is 2.43. The van der Waals surface area contributed by atoms with Crippen LogP contribution in [0.4, 0.5) is 11.6 Å². The van der Waals surface area contributed by atoms with Gasteiger partial charge >= 0.3 is 6.01 Å². The van der Waals surface area contributed by atoms with Gasteiger partial charge < -0.3 is 9.64 Å². The molecule has 1 heterocycles. The first-order valence-corrected chi connectivity index (χ1v) is 6.82. The smallest absolute Gasteiger partial charge is 0.322 e. The fourth-order valence-electron chi connectivity index (χ4n) is 1.68. The second-order valence-corrected chi connectivity index (χ2v) is 4.77. The zero-order chi connectivity index (χ0) is 14.5. The highest BCUT2D eigenvalue weighted by Crippen LogP contribution is 2.23. The van der Waals surface area contributed by atoms with Crippen molar-refractivity contribution in [2.75, 3.05) is 18.6 Å². The molecule has 0 bridgehead atoms. The van der Waals surface area contributed by atoms with E-state index in [9.17, 15) is 0 Å². The summed E-state index contributed by atoms with van der Waals surface area (Å²) < 4.78 is 5.41. The molecule has 0 spiro atoms. The maximum absolute atomic E-state index is 5.92. The van der Waals surface area contributed by atoms with E-state index in [0.717, 1.165) is 17.7 Å². The highest BCUT2D eigenvalue weighted by atomic mass is 35.5. The van der Waals surface area contributed by atoms with Crippen molar-refractivity contribution in [1.82, 2.24) is 15.0 Å². The molecule has 6 heteroatoms. The Morgan fingerprint density at radius 1 is 1.25 bits per heavy atom. The van der Waals surface area contributed by atoms with Gasteiger partial charge in [0.15, 0.2) is 0 Å². The standard InChI is InChI=1S/C14H17ClN4O/c1-4-8-20-14-17-12(15)16-13(18-14)19(3)11-7-5-6-10(2)9-11/h5-7,9H,4,8H2,1-3H3. The molecular weight excluding hydrogens is 276 g/mol. The summed E-state index contributed by atoms with van der Waals surface area (Å²) in [5.74, 6) is 0.460. The van der Waals surface area contributed by atoms with Crippen LogP contribution >= 0.6 is 11.6 Å². The van der Waals surface area contributed by atoms with Gasteiger partial charge in [-0.1, -0.05) is 19.1 Å². The summed E-state index contributed by atoms with van der Waals surface area (Å²) in [6.45, 7) is 4.60. The lowest BCUT2D eigenvalue weighted by Crippen LogP contribution is -2.15. The maximum atomic E-state index is 5.92. The molecule has 1 aromatic heterocycles. The Bertz CT molecular complexity index is 591. The number of aromatic nitrogens is 3. The lowest BCUT2D eigenvalue weighted by molar-refractivity contribution is 0.291. The minimum absolute atomic E-state index is 0.126. The minimum Gasteiger partial charge on any atom is -0.463 e. The minimum atomic E-state index is 0.126. The van der Waals surface area contributed by atoms with Gasteiger partial charge in [0.1, 0.15) is 0 Å². The molecule has 0 saturated carbocycles. The molecule has 1 aromatic carbocycles. The Balaban J connectivity index is 2.29. The van der Waals surface area contributed by atoms with E-state index in [0.29, 0.717) is 12.6 Å². The summed E-state index contributed by atoms with van der Waals surface area (Å²) in [5.41, 5.74) is 2.14. The number of anilines is 2. The first kappa shape index (κ1) is 14.5. The molecule has 5 nitrogen and oxygen atoms in total. The second kappa shape index (κ2) is 6.52. The Kier molecular flexibility index (Phi) is 4.74. The topological polar surface area (TPSA) is 51.1 Å². The maximum Gasteiger partial charge on any atom is 0.322 e. The number of halogens is 1. The summed E-state index contributed by atoms with van der Waals surface area (Å²) in [5, 5.41) is 0.126. The van der Waals surface area contributed by atoms with Crippen molar-refractivity contribution in [3.8, 4) is 6.01 Å². The molecule has 0 saturated heterocycles. The first-order valence-electron chi connectivity index (χ1n) is 6.45. The van der Waals surface area contributed by atoms with Gasteiger partial charge in [-0.05, 0) is 42.6 Å².